The van der Waals surface area contributed by atoms with Gasteiger partial charge in [0.15, 0.2) is 5.82 Å². The van der Waals surface area contributed by atoms with Gasteiger partial charge >= 0.3 is 0 Å². The summed E-state index contributed by atoms with van der Waals surface area (Å²) in [6.07, 6.45) is 10.5. The van der Waals surface area contributed by atoms with E-state index in [1.807, 2.05) is 23.5 Å². The van der Waals surface area contributed by atoms with Crippen LogP contribution in [-0.2, 0) is 12.8 Å². The van der Waals surface area contributed by atoms with E-state index in [9.17, 15) is 0 Å². The molecule has 0 N–H and O–H groups in total. The molecule has 0 saturated carbocycles. The fraction of sp³-hybridized carbons (Fsp3) is 0.421. The summed E-state index contributed by atoms with van der Waals surface area (Å²) in [5.41, 5.74) is 2.41. The maximum atomic E-state index is 6.09. The van der Waals surface area contributed by atoms with Crippen molar-refractivity contribution in [3.8, 4) is 17.3 Å². The first-order valence-corrected chi connectivity index (χ1v) is 9.54. The van der Waals surface area contributed by atoms with Crippen molar-refractivity contribution >= 4 is 21.6 Å². The molecule has 3 heterocycles. The van der Waals surface area contributed by atoms with Crippen molar-refractivity contribution in [2.45, 2.75) is 45.4 Å². The standard InChI is InChI=1S/C19H21N3OS/c1-2-3-12-23-18-16-14-6-4-5-7-15(14)24-19(16)22-17(21-18)13-8-10-20-11-9-13/h8-11H,2-7,12H2,1H3. The van der Waals surface area contributed by atoms with E-state index in [1.165, 1.54) is 23.3 Å². The molecule has 4 rings (SSSR count). The maximum Gasteiger partial charge on any atom is 0.226 e. The van der Waals surface area contributed by atoms with Gasteiger partial charge in [0.1, 0.15) is 4.83 Å². The van der Waals surface area contributed by atoms with E-state index < -0.39 is 0 Å². The van der Waals surface area contributed by atoms with E-state index in [2.05, 4.69) is 11.9 Å². The number of rotatable bonds is 5. The van der Waals surface area contributed by atoms with Crippen molar-refractivity contribution in [1.29, 1.82) is 0 Å². The summed E-state index contributed by atoms with van der Waals surface area (Å²) in [5.74, 6) is 1.50. The number of fused-ring (bicyclic) bond motifs is 3. The van der Waals surface area contributed by atoms with E-state index in [-0.39, 0.29) is 0 Å². The van der Waals surface area contributed by atoms with Crippen molar-refractivity contribution in [2.24, 2.45) is 0 Å². The summed E-state index contributed by atoms with van der Waals surface area (Å²) < 4.78 is 6.09. The average Bonchev–Trinajstić information content (AvgIpc) is 3.01. The van der Waals surface area contributed by atoms with Crippen LogP contribution >= 0.6 is 11.3 Å². The Labute approximate surface area is 145 Å². The number of thiophene rings is 1. The predicted octanol–water partition coefficient (Wildman–Crippen LogP) is 4.81. The van der Waals surface area contributed by atoms with E-state index in [1.54, 1.807) is 12.4 Å². The normalized spacial score (nSPS) is 13.9. The van der Waals surface area contributed by atoms with Crippen LogP contribution in [0.15, 0.2) is 24.5 Å². The zero-order valence-corrected chi connectivity index (χ0v) is 14.7. The second-order valence-corrected chi connectivity index (χ2v) is 7.26. The lowest BCUT2D eigenvalue weighted by Crippen LogP contribution is -2.03. The first-order valence-electron chi connectivity index (χ1n) is 8.72. The van der Waals surface area contributed by atoms with Gasteiger partial charge in [0.05, 0.1) is 12.0 Å². The van der Waals surface area contributed by atoms with Crippen molar-refractivity contribution < 1.29 is 4.74 Å². The fourth-order valence-electron chi connectivity index (χ4n) is 3.17. The summed E-state index contributed by atoms with van der Waals surface area (Å²) >= 11 is 1.82. The Morgan fingerprint density at radius 3 is 2.79 bits per heavy atom. The van der Waals surface area contributed by atoms with E-state index in [4.69, 9.17) is 14.7 Å². The van der Waals surface area contributed by atoms with Gasteiger partial charge in [-0.3, -0.25) is 4.98 Å². The summed E-state index contributed by atoms with van der Waals surface area (Å²) in [7, 11) is 0. The maximum absolute atomic E-state index is 6.09. The number of hydrogen-bond donors (Lipinski definition) is 0. The van der Waals surface area contributed by atoms with Crippen LogP contribution in [0.25, 0.3) is 21.6 Å². The van der Waals surface area contributed by atoms with E-state index in [0.717, 1.165) is 53.2 Å². The molecule has 0 atom stereocenters. The molecule has 1 aliphatic rings. The molecule has 0 unspecified atom stereocenters. The molecule has 1 aliphatic carbocycles. The van der Waals surface area contributed by atoms with Gasteiger partial charge < -0.3 is 4.74 Å². The van der Waals surface area contributed by atoms with Crippen LogP contribution in [0.5, 0.6) is 5.88 Å². The number of pyridine rings is 1. The van der Waals surface area contributed by atoms with Crippen molar-refractivity contribution in [2.75, 3.05) is 6.61 Å². The summed E-state index contributed by atoms with van der Waals surface area (Å²) in [6, 6.07) is 3.90. The Balaban J connectivity index is 1.85. The van der Waals surface area contributed by atoms with Crippen molar-refractivity contribution in [3.63, 3.8) is 0 Å². The molecule has 124 valence electrons. The zero-order chi connectivity index (χ0) is 16.4. The van der Waals surface area contributed by atoms with Gasteiger partial charge in [0, 0.05) is 22.8 Å². The van der Waals surface area contributed by atoms with Crippen LogP contribution in [0.1, 0.15) is 43.0 Å². The number of unbranched alkanes of at least 4 members (excludes halogenated alkanes) is 1. The Bertz CT molecular complexity index is 845. The molecule has 0 amide bonds. The lowest BCUT2D eigenvalue weighted by molar-refractivity contribution is 0.301. The highest BCUT2D eigenvalue weighted by Crippen LogP contribution is 2.40. The molecule has 5 heteroatoms. The van der Waals surface area contributed by atoms with Gasteiger partial charge in [-0.15, -0.1) is 11.3 Å². The molecule has 24 heavy (non-hydrogen) atoms. The minimum atomic E-state index is 0.711. The van der Waals surface area contributed by atoms with Crippen LogP contribution in [-0.4, -0.2) is 21.6 Å². The van der Waals surface area contributed by atoms with Crippen LogP contribution in [0, 0.1) is 0 Å². The van der Waals surface area contributed by atoms with Crippen molar-refractivity contribution in [1.82, 2.24) is 15.0 Å². The molecule has 3 aromatic heterocycles. The van der Waals surface area contributed by atoms with Crippen molar-refractivity contribution in [3.05, 3.63) is 35.0 Å². The first kappa shape index (κ1) is 15.5. The average molecular weight is 339 g/mol. The highest BCUT2D eigenvalue weighted by molar-refractivity contribution is 7.18. The van der Waals surface area contributed by atoms with Gasteiger partial charge in [0.25, 0.3) is 0 Å². The molecular formula is C19H21N3OS. The molecule has 0 bridgehead atoms. The number of hydrogen-bond acceptors (Lipinski definition) is 5. The molecule has 3 aromatic rings. The first-order chi connectivity index (χ1) is 11.9. The molecule has 0 radical (unpaired) electrons. The Morgan fingerprint density at radius 1 is 1.12 bits per heavy atom. The van der Waals surface area contributed by atoms with Gasteiger partial charge in [-0.2, -0.15) is 4.98 Å². The number of nitrogens with zero attached hydrogens (tertiary/aromatic N) is 3. The highest BCUT2D eigenvalue weighted by Gasteiger charge is 2.22. The Kier molecular flexibility index (Phi) is 4.43. The largest absolute Gasteiger partial charge is 0.477 e. The zero-order valence-electron chi connectivity index (χ0n) is 13.9. The summed E-state index contributed by atoms with van der Waals surface area (Å²) in [6.45, 7) is 2.89. The van der Waals surface area contributed by atoms with Crippen LogP contribution in [0.4, 0.5) is 0 Å². The second kappa shape index (κ2) is 6.85. The molecule has 0 aromatic carbocycles. The lowest BCUT2D eigenvalue weighted by Gasteiger charge is -2.12. The Hall–Kier alpha value is -2.01. The van der Waals surface area contributed by atoms with Crippen LogP contribution in [0.2, 0.25) is 0 Å². The van der Waals surface area contributed by atoms with Gasteiger partial charge in [0.2, 0.25) is 5.88 Å². The third kappa shape index (κ3) is 2.88. The molecule has 0 fully saturated rings. The molecule has 0 saturated heterocycles. The summed E-state index contributed by atoms with van der Waals surface area (Å²) in [4.78, 5) is 16.2. The highest BCUT2D eigenvalue weighted by atomic mass is 32.1. The number of aromatic nitrogens is 3. The summed E-state index contributed by atoms with van der Waals surface area (Å²) in [5, 5.41) is 1.16. The number of aryl methyl sites for hydroxylation is 2. The molecular weight excluding hydrogens is 318 g/mol. The molecule has 4 nitrogen and oxygen atoms in total. The topological polar surface area (TPSA) is 47.9 Å². The quantitative estimate of drug-likeness (QED) is 0.626. The van der Waals surface area contributed by atoms with Gasteiger partial charge in [-0.05, 0) is 49.8 Å². The fourth-order valence-corrected chi connectivity index (χ4v) is 4.42. The third-order valence-corrected chi connectivity index (χ3v) is 5.64. The van der Waals surface area contributed by atoms with Gasteiger partial charge in [-0.25, -0.2) is 4.98 Å². The minimum Gasteiger partial charge on any atom is -0.477 e. The van der Waals surface area contributed by atoms with Gasteiger partial charge in [-0.1, -0.05) is 13.3 Å². The van der Waals surface area contributed by atoms with E-state index in [0.29, 0.717) is 6.61 Å². The second-order valence-electron chi connectivity index (χ2n) is 6.18. The van der Waals surface area contributed by atoms with Crippen LogP contribution < -0.4 is 4.74 Å². The molecule has 0 spiro atoms. The Morgan fingerprint density at radius 2 is 1.96 bits per heavy atom. The third-order valence-electron chi connectivity index (χ3n) is 4.46. The SMILES string of the molecule is CCCCOc1nc(-c2ccncc2)nc2sc3c(c12)CCCC3. The molecule has 0 aliphatic heterocycles. The lowest BCUT2D eigenvalue weighted by atomic mass is 9.97. The predicted molar refractivity (Wildman–Crippen MR) is 97.7 cm³/mol. The van der Waals surface area contributed by atoms with E-state index >= 15 is 0 Å². The number of ether oxygens (including phenoxy) is 1. The monoisotopic (exact) mass is 339 g/mol. The van der Waals surface area contributed by atoms with Crippen LogP contribution in [0.3, 0.4) is 0 Å². The minimum absolute atomic E-state index is 0.711. The smallest absolute Gasteiger partial charge is 0.226 e.